The molecular weight excluding hydrogens is 691 g/mol. The van der Waals surface area contributed by atoms with E-state index in [9.17, 15) is 32.3 Å². The molecular formula is C29H18BrClF3N3O4S2. The van der Waals surface area contributed by atoms with Gasteiger partial charge in [0.25, 0.3) is 0 Å². The fourth-order valence-corrected chi connectivity index (χ4v) is 8.59. The van der Waals surface area contributed by atoms with Gasteiger partial charge in [-0.2, -0.15) is 13.2 Å². The molecule has 43 heavy (non-hydrogen) atoms. The van der Waals surface area contributed by atoms with Crippen LogP contribution < -0.4 is 15.1 Å². The Kier molecular flexibility index (Phi) is 7.78. The summed E-state index contributed by atoms with van der Waals surface area (Å²) in [6, 6.07) is 17.7. The Balaban J connectivity index is 1.38. The number of hydrogen-bond acceptors (Lipinski definition) is 6. The van der Waals surface area contributed by atoms with Crippen molar-refractivity contribution in [3.63, 3.8) is 0 Å². The van der Waals surface area contributed by atoms with Crippen molar-refractivity contribution in [3.8, 4) is 0 Å². The lowest BCUT2D eigenvalue weighted by Gasteiger charge is -2.30. The van der Waals surface area contributed by atoms with Crippen LogP contribution in [0.2, 0.25) is 5.02 Å². The van der Waals surface area contributed by atoms with Gasteiger partial charge in [-0.1, -0.05) is 68.8 Å². The summed E-state index contributed by atoms with van der Waals surface area (Å²) in [5.41, 5.74) is 0.0609. The maximum atomic E-state index is 13.9. The summed E-state index contributed by atoms with van der Waals surface area (Å²) in [4.78, 5) is 55.1. The van der Waals surface area contributed by atoms with Gasteiger partial charge in [-0.25, -0.2) is 4.90 Å². The summed E-state index contributed by atoms with van der Waals surface area (Å²) in [6.45, 7) is -0.500. The van der Waals surface area contributed by atoms with E-state index in [-0.39, 0.29) is 5.69 Å². The largest absolute Gasteiger partial charge is 0.416 e. The maximum absolute atomic E-state index is 13.9. The lowest BCUT2D eigenvalue weighted by Crippen LogP contribution is -2.33. The maximum Gasteiger partial charge on any atom is 0.416 e. The van der Waals surface area contributed by atoms with Gasteiger partial charge >= 0.3 is 11.0 Å². The third-order valence-corrected chi connectivity index (χ3v) is 10.5. The lowest BCUT2D eigenvalue weighted by atomic mass is 9.83. The van der Waals surface area contributed by atoms with Gasteiger partial charge in [0.1, 0.15) is 11.8 Å². The average Bonchev–Trinajstić information content (AvgIpc) is 3.39. The van der Waals surface area contributed by atoms with Crippen LogP contribution in [0.15, 0.2) is 87.1 Å². The molecule has 0 bridgehead atoms. The van der Waals surface area contributed by atoms with E-state index in [0.29, 0.717) is 26.2 Å². The Hall–Kier alpha value is -3.39. The first-order valence-electron chi connectivity index (χ1n) is 12.7. The molecule has 3 aromatic carbocycles. The number of anilines is 2. The lowest BCUT2D eigenvalue weighted by molar-refractivity contribution is -0.137. The van der Waals surface area contributed by atoms with Crippen molar-refractivity contribution in [1.82, 2.24) is 4.57 Å². The predicted molar refractivity (Wildman–Crippen MR) is 162 cm³/mol. The smallest absolute Gasteiger partial charge is 0.325 e. The van der Waals surface area contributed by atoms with Gasteiger partial charge < -0.3 is 5.32 Å². The van der Waals surface area contributed by atoms with Gasteiger partial charge in [0, 0.05) is 26.0 Å². The molecule has 1 aromatic heterocycles. The SMILES string of the molecule is O=C(Cn1c2c(sc1=O)C(c1cccc(Br)c1)C1C(=O)N(c3ccc(Cl)cc3)C(=O)C1S2)Nc1cccc(C(F)(F)F)c1. The monoisotopic (exact) mass is 707 g/mol. The minimum atomic E-state index is -4.59. The first-order chi connectivity index (χ1) is 20.4. The molecule has 2 aliphatic heterocycles. The summed E-state index contributed by atoms with van der Waals surface area (Å²) < 4.78 is 41.4. The van der Waals surface area contributed by atoms with Crippen molar-refractivity contribution in [2.24, 2.45) is 5.92 Å². The number of alkyl halides is 3. The zero-order valence-electron chi connectivity index (χ0n) is 21.6. The Morgan fingerprint density at radius 2 is 1.70 bits per heavy atom. The molecule has 14 heteroatoms. The summed E-state index contributed by atoms with van der Waals surface area (Å²) in [5, 5.41) is 2.33. The number of carbonyl (C=O) groups is 3. The molecule has 0 saturated carbocycles. The molecule has 0 aliphatic carbocycles. The molecule has 1 N–H and O–H groups in total. The summed E-state index contributed by atoms with van der Waals surface area (Å²) in [6.07, 6.45) is -4.59. The topological polar surface area (TPSA) is 88.5 Å². The molecule has 4 aromatic rings. The quantitative estimate of drug-likeness (QED) is 0.231. The number of benzene rings is 3. The van der Waals surface area contributed by atoms with Crippen molar-refractivity contribution >= 4 is 79.7 Å². The Morgan fingerprint density at radius 1 is 0.977 bits per heavy atom. The first-order valence-corrected chi connectivity index (χ1v) is 15.5. The van der Waals surface area contributed by atoms with Gasteiger partial charge in [0.15, 0.2) is 0 Å². The van der Waals surface area contributed by atoms with Gasteiger partial charge in [-0.3, -0.25) is 23.7 Å². The number of amides is 3. The number of fused-ring (bicyclic) bond motifs is 2. The van der Waals surface area contributed by atoms with Crippen LogP contribution in [0.3, 0.4) is 0 Å². The Morgan fingerprint density at radius 3 is 2.40 bits per heavy atom. The second-order valence-corrected chi connectivity index (χ2v) is 13.3. The fraction of sp³-hybridized carbons (Fsp3) is 0.172. The standard InChI is InChI=1S/C29H18BrClF3N3O4S2/c30-16-5-1-3-14(11-16)21-22-23(26(40)37(25(22)39)19-9-7-17(31)8-10-19)42-27-24(21)43-28(41)36(27)13-20(38)35-18-6-2-4-15(12-18)29(32,33)34/h1-12,21-23H,13H2,(H,35,38). The van der Waals surface area contributed by atoms with Gasteiger partial charge in [0.05, 0.1) is 22.2 Å². The van der Waals surface area contributed by atoms with E-state index < -0.39 is 58.0 Å². The van der Waals surface area contributed by atoms with Crippen molar-refractivity contribution in [2.45, 2.75) is 28.9 Å². The molecule has 3 atom stereocenters. The van der Waals surface area contributed by atoms with Crippen molar-refractivity contribution in [2.75, 3.05) is 10.2 Å². The summed E-state index contributed by atoms with van der Waals surface area (Å²) in [5.74, 6) is -3.11. The van der Waals surface area contributed by atoms with E-state index in [4.69, 9.17) is 11.6 Å². The molecule has 3 unspecified atom stereocenters. The van der Waals surface area contributed by atoms with Crippen LogP contribution in [0.4, 0.5) is 24.5 Å². The normalized spacial score (nSPS) is 19.7. The number of rotatable bonds is 5. The van der Waals surface area contributed by atoms with Crippen LogP contribution in [0.25, 0.3) is 0 Å². The molecule has 1 saturated heterocycles. The van der Waals surface area contributed by atoms with E-state index in [1.54, 1.807) is 30.3 Å². The van der Waals surface area contributed by atoms with E-state index in [1.165, 1.54) is 16.7 Å². The summed E-state index contributed by atoms with van der Waals surface area (Å²) in [7, 11) is 0. The number of aromatic nitrogens is 1. The number of thiazole rings is 1. The highest BCUT2D eigenvalue weighted by atomic mass is 79.9. The minimum Gasteiger partial charge on any atom is -0.325 e. The zero-order chi connectivity index (χ0) is 30.6. The van der Waals surface area contributed by atoms with Crippen molar-refractivity contribution < 1.29 is 27.6 Å². The number of thioether (sulfide) groups is 1. The molecule has 3 heterocycles. The highest BCUT2D eigenvalue weighted by Gasteiger charge is 2.56. The Bertz CT molecular complexity index is 1840. The van der Waals surface area contributed by atoms with E-state index >= 15 is 0 Å². The molecule has 0 radical (unpaired) electrons. The second-order valence-electron chi connectivity index (χ2n) is 9.84. The highest BCUT2D eigenvalue weighted by molar-refractivity contribution is 9.10. The first kappa shape index (κ1) is 29.7. The van der Waals surface area contributed by atoms with E-state index in [1.807, 2.05) is 18.2 Å². The van der Waals surface area contributed by atoms with Crippen molar-refractivity contribution in [1.29, 1.82) is 0 Å². The highest BCUT2D eigenvalue weighted by Crippen LogP contribution is 2.54. The number of nitrogens with one attached hydrogen (secondary N) is 1. The second kappa shape index (κ2) is 11.3. The number of hydrogen-bond donors (Lipinski definition) is 1. The number of carbonyl (C=O) groups excluding carboxylic acids is 3. The van der Waals surface area contributed by atoms with Gasteiger partial charge in [-0.15, -0.1) is 0 Å². The van der Waals surface area contributed by atoms with E-state index in [2.05, 4.69) is 21.2 Å². The molecule has 7 nitrogen and oxygen atoms in total. The summed E-state index contributed by atoms with van der Waals surface area (Å²) >= 11 is 11.4. The zero-order valence-corrected chi connectivity index (χ0v) is 25.6. The van der Waals surface area contributed by atoms with Crippen LogP contribution in [-0.4, -0.2) is 27.5 Å². The molecule has 220 valence electrons. The predicted octanol–water partition coefficient (Wildman–Crippen LogP) is 6.78. The van der Waals surface area contributed by atoms with Crippen LogP contribution in [0.1, 0.15) is 21.9 Å². The number of nitrogens with zero attached hydrogens (tertiary/aromatic N) is 2. The fourth-order valence-electron chi connectivity index (χ4n) is 5.28. The van der Waals surface area contributed by atoms with Crippen LogP contribution >= 0.6 is 50.6 Å². The minimum absolute atomic E-state index is 0.0770. The third kappa shape index (κ3) is 5.54. The molecule has 0 spiro atoms. The number of imide groups is 1. The van der Waals surface area contributed by atoms with Gasteiger partial charge in [-0.05, 0) is 60.2 Å². The molecule has 1 fully saturated rings. The van der Waals surface area contributed by atoms with Gasteiger partial charge in [0.2, 0.25) is 17.7 Å². The van der Waals surface area contributed by atoms with Crippen LogP contribution in [-0.2, 0) is 27.1 Å². The van der Waals surface area contributed by atoms with Crippen molar-refractivity contribution in [3.05, 3.63) is 108 Å². The molecule has 3 amide bonds. The third-order valence-electron chi connectivity index (χ3n) is 7.12. The average molecular weight is 709 g/mol. The van der Waals surface area contributed by atoms with E-state index in [0.717, 1.165) is 44.6 Å². The number of halogens is 5. The molecule has 6 rings (SSSR count). The Labute approximate surface area is 263 Å². The van der Waals surface area contributed by atoms with Crippen LogP contribution in [0, 0.1) is 5.92 Å². The van der Waals surface area contributed by atoms with Crippen LogP contribution in [0.5, 0.6) is 0 Å². The molecule has 2 aliphatic rings.